The SMILES string of the molecule is N=C1c2ccccc2CN1c1cc(Br)cc(C(F)(F)F)c1. The van der Waals surface area contributed by atoms with Crippen LogP contribution >= 0.6 is 15.9 Å². The van der Waals surface area contributed by atoms with Crippen molar-refractivity contribution >= 4 is 27.5 Å². The molecule has 1 N–H and O–H groups in total. The highest BCUT2D eigenvalue weighted by molar-refractivity contribution is 9.10. The average Bonchev–Trinajstić information content (AvgIpc) is 2.75. The monoisotopic (exact) mass is 354 g/mol. The van der Waals surface area contributed by atoms with Gasteiger partial charge in [0.05, 0.1) is 12.1 Å². The second-order valence-corrected chi connectivity index (χ2v) is 5.70. The molecule has 1 aliphatic heterocycles. The van der Waals surface area contributed by atoms with Gasteiger partial charge in [0.2, 0.25) is 0 Å². The van der Waals surface area contributed by atoms with Crippen LogP contribution in [-0.2, 0) is 12.7 Å². The normalized spacial score (nSPS) is 14.5. The van der Waals surface area contributed by atoms with Crippen LogP contribution in [0.2, 0.25) is 0 Å². The summed E-state index contributed by atoms with van der Waals surface area (Å²) in [6.45, 7) is 0.406. The van der Waals surface area contributed by atoms with Gasteiger partial charge >= 0.3 is 6.18 Å². The highest BCUT2D eigenvalue weighted by Crippen LogP contribution is 2.36. The molecule has 0 spiro atoms. The topological polar surface area (TPSA) is 27.1 Å². The zero-order valence-electron chi connectivity index (χ0n) is 10.7. The average molecular weight is 355 g/mol. The van der Waals surface area contributed by atoms with Gasteiger partial charge in [0, 0.05) is 15.7 Å². The summed E-state index contributed by atoms with van der Waals surface area (Å²) >= 11 is 3.11. The van der Waals surface area contributed by atoms with E-state index in [1.807, 2.05) is 18.2 Å². The summed E-state index contributed by atoms with van der Waals surface area (Å²) in [7, 11) is 0. The molecule has 0 unspecified atom stereocenters. The predicted octanol–water partition coefficient (Wildman–Crippen LogP) is 4.81. The Morgan fingerprint density at radius 1 is 1.10 bits per heavy atom. The molecule has 0 atom stereocenters. The lowest BCUT2D eigenvalue weighted by Gasteiger charge is -2.20. The minimum absolute atomic E-state index is 0.219. The van der Waals surface area contributed by atoms with Crippen molar-refractivity contribution in [2.24, 2.45) is 0 Å². The third-order valence-electron chi connectivity index (χ3n) is 3.39. The van der Waals surface area contributed by atoms with Crippen LogP contribution in [0.5, 0.6) is 0 Å². The van der Waals surface area contributed by atoms with Crippen molar-refractivity contribution in [3.63, 3.8) is 0 Å². The quantitative estimate of drug-likeness (QED) is 0.781. The molecule has 0 aromatic heterocycles. The van der Waals surface area contributed by atoms with Crippen LogP contribution in [0.1, 0.15) is 16.7 Å². The Hall–Kier alpha value is -1.82. The van der Waals surface area contributed by atoms with Crippen LogP contribution in [0, 0.1) is 5.41 Å². The highest BCUT2D eigenvalue weighted by atomic mass is 79.9. The summed E-state index contributed by atoms with van der Waals surface area (Å²) in [5.74, 6) is 0.219. The molecule has 0 radical (unpaired) electrons. The number of halogens is 4. The molecule has 0 amide bonds. The first-order valence-electron chi connectivity index (χ1n) is 6.18. The first-order valence-corrected chi connectivity index (χ1v) is 6.98. The minimum Gasteiger partial charge on any atom is -0.322 e. The summed E-state index contributed by atoms with van der Waals surface area (Å²) in [6, 6.07) is 11.1. The fourth-order valence-electron chi connectivity index (χ4n) is 2.40. The van der Waals surface area contributed by atoms with Gasteiger partial charge in [-0.05, 0) is 23.8 Å². The predicted molar refractivity (Wildman–Crippen MR) is 78.6 cm³/mol. The van der Waals surface area contributed by atoms with Crippen molar-refractivity contribution in [1.82, 2.24) is 0 Å². The number of anilines is 1. The van der Waals surface area contributed by atoms with Crippen molar-refractivity contribution < 1.29 is 13.2 Å². The molecule has 108 valence electrons. The van der Waals surface area contributed by atoms with E-state index in [-0.39, 0.29) is 5.84 Å². The third kappa shape index (κ3) is 2.55. The first kappa shape index (κ1) is 14.1. The van der Waals surface area contributed by atoms with Crippen LogP contribution in [0.15, 0.2) is 46.9 Å². The lowest BCUT2D eigenvalue weighted by atomic mass is 10.1. The van der Waals surface area contributed by atoms with Gasteiger partial charge in [0.25, 0.3) is 0 Å². The van der Waals surface area contributed by atoms with E-state index < -0.39 is 11.7 Å². The number of rotatable bonds is 1. The van der Waals surface area contributed by atoms with Gasteiger partial charge in [-0.3, -0.25) is 5.41 Å². The molecule has 2 aromatic carbocycles. The fourth-order valence-corrected chi connectivity index (χ4v) is 2.88. The lowest BCUT2D eigenvalue weighted by Crippen LogP contribution is -2.23. The maximum absolute atomic E-state index is 12.9. The lowest BCUT2D eigenvalue weighted by molar-refractivity contribution is -0.137. The van der Waals surface area contributed by atoms with E-state index in [0.717, 1.165) is 23.3 Å². The molecule has 3 rings (SSSR count). The van der Waals surface area contributed by atoms with Gasteiger partial charge in [-0.25, -0.2) is 0 Å². The molecule has 0 aliphatic carbocycles. The number of hydrogen-bond acceptors (Lipinski definition) is 1. The van der Waals surface area contributed by atoms with Gasteiger partial charge in [-0.1, -0.05) is 40.2 Å². The van der Waals surface area contributed by atoms with Crippen LogP contribution in [0.25, 0.3) is 0 Å². The largest absolute Gasteiger partial charge is 0.416 e. The maximum Gasteiger partial charge on any atom is 0.416 e. The number of hydrogen-bond donors (Lipinski definition) is 1. The molecule has 2 nitrogen and oxygen atoms in total. The summed E-state index contributed by atoms with van der Waals surface area (Å²) < 4.78 is 39.0. The minimum atomic E-state index is -4.41. The second-order valence-electron chi connectivity index (χ2n) is 4.79. The summed E-state index contributed by atoms with van der Waals surface area (Å²) in [4.78, 5) is 1.57. The molecule has 21 heavy (non-hydrogen) atoms. The van der Waals surface area contributed by atoms with Gasteiger partial charge < -0.3 is 4.90 Å². The van der Waals surface area contributed by atoms with Crippen molar-refractivity contribution in [3.8, 4) is 0 Å². The van der Waals surface area contributed by atoms with Gasteiger partial charge in [-0.2, -0.15) is 13.2 Å². The maximum atomic E-state index is 12.9. The second kappa shape index (κ2) is 4.87. The molecule has 6 heteroatoms. The van der Waals surface area contributed by atoms with Crippen molar-refractivity contribution in [2.75, 3.05) is 4.90 Å². The van der Waals surface area contributed by atoms with E-state index in [1.165, 1.54) is 0 Å². The zero-order chi connectivity index (χ0) is 15.2. The molecule has 2 aromatic rings. The Labute approximate surface area is 127 Å². The standard InChI is InChI=1S/C15H10BrF3N2/c16-11-5-10(15(17,18)19)6-12(7-11)21-8-9-3-1-2-4-13(9)14(21)20/h1-7,20H,8H2. The van der Waals surface area contributed by atoms with E-state index >= 15 is 0 Å². The van der Waals surface area contributed by atoms with Crippen LogP contribution in [0.4, 0.5) is 18.9 Å². The molecule has 0 bridgehead atoms. The Morgan fingerprint density at radius 2 is 1.81 bits per heavy atom. The van der Waals surface area contributed by atoms with E-state index in [1.54, 1.807) is 17.0 Å². The Bertz CT molecular complexity index is 725. The van der Waals surface area contributed by atoms with E-state index in [0.29, 0.717) is 16.7 Å². The van der Waals surface area contributed by atoms with Gasteiger partial charge in [0.1, 0.15) is 5.84 Å². The zero-order valence-corrected chi connectivity index (χ0v) is 12.3. The fraction of sp³-hybridized carbons (Fsp3) is 0.133. The number of nitrogens with zero attached hydrogens (tertiary/aromatic N) is 1. The summed E-state index contributed by atoms with van der Waals surface area (Å²) in [5.41, 5.74) is 1.33. The smallest absolute Gasteiger partial charge is 0.322 e. The molecule has 0 fully saturated rings. The van der Waals surface area contributed by atoms with Crippen LogP contribution in [0.3, 0.4) is 0 Å². The Kier molecular flexibility index (Phi) is 3.28. The van der Waals surface area contributed by atoms with Crippen molar-refractivity contribution in [1.29, 1.82) is 5.41 Å². The van der Waals surface area contributed by atoms with E-state index in [4.69, 9.17) is 5.41 Å². The van der Waals surface area contributed by atoms with E-state index in [9.17, 15) is 13.2 Å². The molecule has 0 saturated carbocycles. The van der Waals surface area contributed by atoms with Gasteiger partial charge in [-0.15, -0.1) is 0 Å². The van der Waals surface area contributed by atoms with Gasteiger partial charge in [0.15, 0.2) is 0 Å². The number of fused-ring (bicyclic) bond motifs is 1. The molecular formula is C15H10BrF3N2. The Balaban J connectivity index is 2.04. The molecular weight excluding hydrogens is 345 g/mol. The number of benzene rings is 2. The Morgan fingerprint density at radius 3 is 2.48 bits per heavy atom. The first-order chi connectivity index (χ1) is 9.86. The number of amidine groups is 1. The van der Waals surface area contributed by atoms with Crippen molar-refractivity contribution in [3.05, 3.63) is 63.6 Å². The molecule has 1 heterocycles. The van der Waals surface area contributed by atoms with Crippen molar-refractivity contribution in [2.45, 2.75) is 12.7 Å². The van der Waals surface area contributed by atoms with E-state index in [2.05, 4.69) is 15.9 Å². The highest BCUT2D eigenvalue weighted by Gasteiger charge is 2.33. The molecule has 0 saturated heterocycles. The third-order valence-corrected chi connectivity index (χ3v) is 3.85. The summed E-state index contributed by atoms with van der Waals surface area (Å²) in [6.07, 6.45) is -4.41. The number of alkyl halides is 3. The number of nitrogens with one attached hydrogen (secondary N) is 1. The molecule has 1 aliphatic rings. The van der Waals surface area contributed by atoms with Crippen LogP contribution in [-0.4, -0.2) is 5.84 Å². The van der Waals surface area contributed by atoms with Crippen LogP contribution < -0.4 is 4.90 Å². The summed E-state index contributed by atoms with van der Waals surface area (Å²) in [5, 5.41) is 8.15.